The third-order valence-electron chi connectivity index (χ3n) is 6.22. The molecule has 4 rings (SSSR count). The van der Waals surface area contributed by atoms with Crippen molar-refractivity contribution in [2.45, 2.75) is 52.1 Å². The summed E-state index contributed by atoms with van der Waals surface area (Å²) in [5, 5.41) is 2.86. The van der Waals surface area contributed by atoms with Crippen LogP contribution in [0.25, 0.3) is 11.4 Å². The van der Waals surface area contributed by atoms with Gasteiger partial charge in [-0.15, -0.1) is 0 Å². The van der Waals surface area contributed by atoms with Gasteiger partial charge in [-0.1, -0.05) is 12.1 Å². The van der Waals surface area contributed by atoms with E-state index in [0.717, 1.165) is 19.3 Å². The van der Waals surface area contributed by atoms with Crippen molar-refractivity contribution in [3.05, 3.63) is 76.2 Å². The van der Waals surface area contributed by atoms with E-state index in [9.17, 15) is 14.4 Å². The molecular weight excluding hydrogens is 444 g/mol. The summed E-state index contributed by atoms with van der Waals surface area (Å²) in [7, 11) is 0. The minimum atomic E-state index is -0.286. The number of aromatic nitrogens is 2. The van der Waals surface area contributed by atoms with Crippen LogP contribution in [0.3, 0.4) is 0 Å². The number of carbonyl (C=O) groups is 2. The number of aromatic amines is 1. The number of carbonyl (C=O) groups excluding carboxylic acids is 2. The zero-order chi connectivity index (χ0) is 24.9. The maximum Gasteiger partial charge on any atom is 0.260 e. The standard InChI is InChI=1S/C27H30N4O4/c1-17-14-24(32)30-26(28-17)21-8-5-9-22(15-21)29-27(34)20-10-12-23(13-11-20)35-16-25(33)31-18(2)6-4-7-19(31)3/h5,8-15,18-19H,4,6-7,16H2,1-3H3,(H,29,34)(H,28,30,32). The number of amides is 2. The second-order valence-corrected chi connectivity index (χ2v) is 9.01. The molecular formula is C27H30N4O4. The first-order valence-corrected chi connectivity index (χ1v) is 11.8. The van der Waals surface area contributed by atoms with E-state index < -0.39 is 0 Å². The number of hydrogen-bond acceptors (Lipinski definition) is 5. The van der Waals surface area contributed by atoms with E-state index in [0.29, 0.717) is 34.1 Å². The van der Waals surface area contributed by atoms with Crippen LogP contribution in [0, 0.1) is 6.92 Å². The minimum Gasteiger partial charge on any atom is -0.484 e. The first kappa shape index (κ1) is 24.2. The van der Waals surface area contributed by atoms with Gasteiger partial charge in [-0.2, -0.15) is 0 Å². The number of anilines is 1. The lowest BCUT2D eigenvalue weighted by Gasteiger charge is -2.38. The number of hydrogen-bond donors (Lipinski definition) is 2. The summed E-state index contributed by atoms with van der Waals surface area (Å²) in [4.78, 5) is 46.1. The third kappa shape index (κ3) is 5.95. The van der Waals surface area contributed by atoms with Crippen LogP contribution >= 0.6 is 0 Å². The zero-order valence-corrected chi connectivity index (χ0v) is 20.2. The Balaban J connectivity index is 1.37. The second kappa shape index (κ2) is 10.5. The third-order valence-corrected chi connectivity index (χ3v) is 6.22. The van der Waals surface area contributed by atoms with E-state index in [2.05, 4.69) is 29.1 Å². The molecule has 2 heterocycles. The van der Waals surface area contributed by atoms with Crippen LogP contribution in [-0.4, -0.2) is 45.4 Å². The highest BCUT2D eigenvalue weighted by Crippen LogP contribution is 2.23. The molecule has 2 aromatic carbocycles. The fourth-order valence-electron chi connectivity index (χ4n) is 4.50. The number of piperidine rings is 1. The van der Waals surface area contributed by atoms with Gasteiger partial charge in [-0.25, -0.2) is 4.98 Å². The number of nitrogens with zero attached hydrogens (tertiary/aromatic N) is 2. The van der Waals surface area contributed by atoms with Gasteiger partial charge in [0.25, 0.3) is 17.4 Å². The smallest absolute Gasteiger partial charge is 0.260 e. The minimum absolute atomic E-state index is 0.0177. The molecule has 0 spiro atoms. The van der Waals surface area contributed by atoms with Crippen molar-refractivity contribution >= 4 is 17.5 Å². The largest absolute Gasteiger partial charge is 0.484 e. The van der Waals surface area contributed by atoms with Gasteiger partial charge in [0.15, 0.2) is 6.61 Å². The van der Waals surface area contributed by atoms with E-state index in [4.69, 9.17) is 4.74 Å². The van der Waals surface area contributed by atoms with Crippen molar-refractivity contribution in [1.29, 1.82) is 0 Å². The number of H-pyrrole nitrogens is 1. The van der Waals surface area contributed by atoms with Gasteiger partial charge in [-0.05, 0) is 76.4 Å². The number of benzene rings is 2. The Bertz CT molecular complexity index is 1260. The van der Waals surface area contributed by atoms with Crippen molar-refractivity contribution in [3.8, 4) is 17.1 Å². The molecule has 1 aliphatic heterocycles. The van der Waals surface area contributed by atoms with Gasteiger partial charge in [-0.3, -0.25) is 14.4 Å². The Kier molecular flexibility index (Phi) is 7.29. The quantitative estimate of drug-likeness (QED) is 0.558. The number of nitrogens with one attached hydrogen (secondary N) is 2. The first-order chi connectivity index (χ1) is 16.8. The van der Waals surface area contributed by atoms with Crippen LogP contribution in [-0.2, 0) is 4.79 Å². The molecule has 182 valence electrons. The Labute approximate surface area is 204 Å². The molecule has 2 atom stereocenters. The maximum absolute atomic E-state index is 12.7. The zero-order valence-electron chi connectivity index (χ0n) is 20.2. The molecule has 2 amide bonds. The molecule has 8 nitrogen and oxygen atoms in total. The van der Waals surface area contributed by atoms with Crippen molar-refractivity contribution in [2.24, 2.45) is 0 Å². The van der Waals surface area contributed by atoms with E-state index in [-0.39, 0.29) is 36.1 Å². The van der Waals surface area contributed by atoms with Crippen LogP contribution in [0.4, 0.5) is 5.69 Å². The Morgan fingerprint density at radius 2 is 1.80 bits per heavy atom. The molecule has 1 saturated heterocycles. The summed E-state index contributed by atoms with van der Waals surface area (Å²) < 4.78 is 5.70. The van der Waals surface area contributed by atoms with Crippen molar-refractivity contribution in [3.63, 3.8) is 0 Å². The molecule has 1 aromatic heterocycles. The van der Waals surface area contributed by atoms with Crippen LogP contribution in [0.15, 0.2) is 59.4 Å². The van der Waals surface area contributed by atoms with Crippen LogP contribution in [0.1, 0.15) is 49.2 Å². The Morgan fingerprint density at radius 3 is 2.49 bits per heavy atom. The van der Waals surface area contributed by atoms with Crippen molar-refractivity contribution in [1.82, 2.24) is 14.9 Å². The van der Waals surface area contributed by atoms with Crippen molar-refractivity contribution < 1.29 is 14.3 Å². The fraction of sp³-hybridized carbons (Fsp3) is 0.333. The van der Waals surface area contributed by atoms with Gasteiger partial charge in [0, 0.05) is 40.7 Å². The number of aryl methyl sites for hydroxylation is 1. The monoisotopic (exact) mass is 474 g/mol. The highest BCUT2D eigenvalue weighted by atomic mass is 16.5. The van der Waals surface area contributed by atoms with Gasteiger partial charge in [0.2, 0.25) is 0 Å². The topological polar surface area (TPSA) is 104 Å². The highest BCUT2D eigenvalue weighted by molar-refractivity contribution is 6.04. The summed E-state index contributed by atoms with van der Waals surface area (Å²) in [5.41, 5.74) is 2.10. The van der Waals surface area contributed by atoms with Crippen LogP contribution in [0.5, 0.6) is 5.75 Å². The van der Waals surface area contributed by atoms with E-state index >= 15 is 0 Å². The van der Waals surface area contributed by atoms with E-state index in [1.807, 2.05) is 11.0 Å². The Hall–Kier alpha value is -3.94. The Morgan fingerprint density at radius 1 is 1.09 bits per heavy atom. The van der Waals surface area contributed by atoms with Crippen LogP contribution < -0.4 is 15.6 Å². The summed E-state index contributed by atoms with van der Waals surface area (Å²) in [5.74, 6) is 0.668. The summed E-state index contributed by atoms with van der Waals surface area (Å²) in [6, 6.07) is 15.7. The van der Waals surface area contributed by atoms with Crippen molar-refractivity contribution in [2.75, 3.05) is 11.9 Å². The molecule has 35 heavy (non-hydrogen) atoms. The normalized spacial score (nSPS) is 17.6. The molecule has 2 unspecified atom stereocenters. The molecule has 1 fully saturated rings. The summed E-state index contributed by atoms with van der Waals surface area (Å²) in [6.07, 6.45) is 3.17. The van der Waals surface area contributed by atoms with Gasteiger partial charge >= 0.3 is 0 Å². The predicted octanol–water partition coefficient (Wildman–Crippen LogP) is 4.17. The molecule has 0 saturated carbocycles. The van der Waals surface area contributed by atoms with E-state index in [1.54, 1.807) is 49.4 Å². The maximum atomic E-state index is 12.7. The van der Waals surface area contributed by atoms with Crippen LogP contribution in [0.2, 0.25) is 0 Å². The van der Waals surface area contributed by atoms with Gasteiger partial charge in [0.1, 0.15) is 11.6 Å². The SMILES string of the molecule is Cc1cc(=O)[nH]c(-c2cccc(NC(=O)c3ccc(OCC(=O)N4C(C)CCCC4C)cc3)c2)n1. The lowest BCUT2D eigenvalue weighted by Crippen LogP contribution is -2.49. The number of rotatable bonds is 6. The summed E-state index contributed by atoms with van der Waals surface area (Å²) >= 11 is 0. The molecule has 8 heteroatoms. The highest BCUT2D eigenvalue weighted by Gasteiger charge is 2.29. The molecule has 0 radical (unpaired) electrons. The molecule has 0 bridgehead atoms. The molecule has 1 aliphatic rings. The summed E-state index contributed by atoms with van der Waals surface area (Å²) in [6.45, 7) is 5.88. The predicted molar refractivity (Wildman–Crippen MR) is 135 cm³/mol. The molecule has 2 N–H and O–H groups in total. The molecule has 3 aromatic rings. The van der Waals surface area contributed by atoms with Gasteiger partial charge in [0.05, 0.1) is 0 Å². The lowest BCUT2D eigenvalue weighted by molar-refractivity contribution is -0.139. The second-order valence-electron chi connectivity index (χ2n) is 9.01. The fourth-order valence-corrected chi connectivity index (χ4v) is 4.50. The average molecular weight is 475 g/mol. The average Bonchev–Trinajstić information content (AvgIpc) is 2.82. The van der Waals surface area contributed by atoms with Gasteiger partial charge < -0.3 is 19.9 Å². The first-order valence-electron chi connectivity index (χ1n) is 11.8. The van der Waals surface area contributed by atoms with E-state index in [1.165, 1.54) is 6.07 Å². The number of likely N-dealkylation sites (tertiary alicyclic amines) is 1. The number of ether oxygens (including phenoxy) is 1. The molecule has 0 aliphatic carbocycles. The lowest BCUT2D eigenvalue weighted by atomic mass is 9.97.